The van der Waals surface area contributed by atoms with Crippen LogP contribution < -0.4 is 0 Å². The zero-order valence-electron chi connectivity index (χ0n) is 14.2. The lowest BCUT2D eigenvalue weighted by Gasteiger charge is -2.34. The molecule has 122 valence electrons. The number of rotatable bonds is 5. The molecule has 0 unspecified atom stereocenters. The van der Waals surface area contributed by atoms with Gasteiger partial charge in [-0.05, 0) is 67.1 Å². The minimum absolute atomic E-state index is 0.810. The van der Waals surface area contributed by atoms with E-state index >= 15 is 0 Å². The second-order valence-corrected chi connectivity index (χ2v) is 6.91. The fourth-order valence-electron chi connectivity index (χ4n) is 3.44. The summed E-state index contributed by atoms with van der Waals surface area (Å²) >= 11 is 0. The summed E-state index contributed by atoms with van der Waals surface area (Å²) < 4.78 is 5.53. The lowest BCUT2D eigenvalue weighted by molar-refractivity contribution is 0.173. The Morgan fingerprint density at radius 2 is 1.87 bits per heavy atom. The summed E-state index contributed by atoms with van der Waals surface area (Å²) in [5, 5.41) is 0. The molecular weight excluding hydrogens is 282 g/mol. The first-order chi connectivity index (χ1) is 11.2. The van der Waals surface area contributed by atoms with Crippen molar-refractivity contribution in [1.82, 2.24) is 4.90 Å². The van der Waals surface area contributed by atoms with Gasteiger partial charge in [-0.2, -0.15) is 0 Å². The lowest BCUT2D eigenvalue weighted by Crippen LogP contribution is -2.36. The summed E-state index contributed by atoms with van der Waals surface area (Å²) in [7, 11) is 0. The molecule has 23 heavy (non-hydrogen) atoms. The van der Waals surface area contributed by atoms with Gasteiger partial charge in [0.05, 0.1) is 6.26 Å². The van der Waals surface area contributed by atoms with Crippen molar-refractivity contribution in [3.63, 3.8) is 0 Å². The average molecular weight is 309 g/mol. The molecule has 0 radical (unpaired) electrons. The number of benzene rings is 1. The predicted octanol–water partition coefficient (Wildman–Crippen LogP) is 5.19. The van der Waals surface area contributed by atoms with Gasteiger partial charge in [-0.3, -0.25) is 4.90 Å². The van der Waals surface area contributed by atoms with Crippen molar-refractivity contribution in [2.75, 3.05) is 19.6 Å². The van der Waals surface area contributed by atoms with Crippen molar-refractivity contribution < 1.29 is 4.42 Å². The third-order valence-electron chi connectivity index (χ3n) is 4.97. The molecule has 0 N–H and O–H groups in total. The van der Waals surface area contributed by atoms with Crippen molar-refractivity contribution in [2.45, 2.75) is 26.7 Å². The Morgan fingerprint density at radius 3 is 2.48 bits per heavy atom. The summed E-state index contributed by atoms with van der Waals surface area (Å²) in [6.07, 6.45) is 6.56. The SMILES string of the molecule is CC(C)C1CCN(C/C(=C/c2ccco2)c2ccccc2)CC1. The molecule has 1 aromatic carbocycles. The highest BCUT2D eigenvalue weighted by Gasteiger charge is 2.22. The van der Waals surface area contributed by atoms with E-state index in [0.29, 0.717) is 0 Å². The maximum atomic E-state index is 5.53. The van der Waals surface area contributed by atoms with E-state index in [1.807, 2.05) is 12.1 Å². The highest BCUT2D eigenvalue weighted by atomic mass is 16.3. The summed E-state index contributed by atoms with van der Waals surface area (Å²) in [5.41, 5.74) is 2.62. The lowest BCUT2D eigenvalue weighted by atomic mass is 9.86. The van der Waals surface area contributed by atoms with Crippen LogP contribution in [0, 0.1) is 11.8 Å². The van der Waals surface area contributed by atoms with Gasteiger partial charge in [-0.1, -0.05) is 44.2 Å². The van der Waals surface area contributed by atoms with Crippen LogP contribution in [-0.4, -0.2) is 24.5 Å². The van der Waals surface area contributed by atoms with Gasteiger partial charge in [0.1, 0.15) is 5.76 Å². The third-order valence-corrected chi connectivity index (χ3v) is 4.97. The van der Waals surface area contributed by atoms with Crippen LogP contribution in [-0.2, 0) is 0 Å². The molecule has 1 aromatic heterocycles. The smallest absolute Gasteiger partial charge is 0.126 e. The topological polar surface area (TPSA) is 16.4 Å². The first-order valence-electron chi connectivity index (χ1n) is 8.74. The van der Waals surface area contributed by atoms with Crippen LogP contribution in [0.1, 0.15) is 38.0 Å². The van der Waals surface area contributed by atoms with Gasteiger partial charge in [0, 0.05) is 6.54 Å². The van der Waals surface area contributed by atoms with E-state index in [-0.39, 0.29) is 0 Å². The second kappa shape index (κ2) is 7.65. The van der Waals surface area contributed by atoms with E-state index in [0.717, 1.165) is 24.1 Å². The highest BCUT2D eigenvalue weighted by molar-refractivity contribution is 5.81. The van der Waals surface area contributed by atoms with Crippen molar-refractivity contribution in [3.05, 3.63) is 60.1 Å². The maximum Gasteiger partial charge on any atom is 0.126 e. The van der Waals surface area contributed by atoms with Gasteiger partial charge in [0.2, 0.25) is 0 Å². The van der Waals surface area contributed by atoms with Crippen LogP contribution in [0.25, 0.3) is 11.6 Å². The molecule has 1 aliphatic rings. The van der Waals surface area contributed by atoms with Crippen LogP contribution in [0.4, 0.5) is 0 Å². The largest absolute Gasteiger partial charge is 0.465 e. The van der Waals surface area contributed by atoms with E-state index < -0.39 is 0 Å². The highest BCUT2D eigenvalue weighted by Crippen LogP contribution is 2.27. The molecule has 3 rings (SSSR count). The quantitative estimate of drug-likeness (QED) is 0.756. The summed E-state index contributed by atoms with van der Waals surface area (Å²) in [4.78, 5) is 2.58. The molecular formula is C21H27NO. The molecule has 0 aliphatic carbocycles. The van der Waals surface area contributed by atoms with E-state index in [2.05, 4.69) is 55.2 Å². The molecule has 2 heteroatoms. The first-order valence-corrected chi connectivity index (χ1v) is 8.74. The zero-order valence-corrected chi connectivity index (χ0v) is 14.2. The van der Waals surface area contributed by atoms with E-state index in [1.54, 1.807) is 6.26 Å². The Morgan fingerprint density at radius 1 is 1.13 bits per heavy atom. The van der Waals surface area contributed by atoms with Crippen LogP contribution in [0.3, 0.4) is 0 Å². The minimum atomic E-state index is 0.810. The molecule has 1 fully saturated rings. The standard InChI is InChI=1S/C21H27NO/c1-17(2)18-10-12-22(13-11-18)16-20(15-21-9-6-14-23-21)19-7-4-3-5-8-19/h3-9,14-15,17-18H,10-13,16H2,1-2H3/b20-15-. The third kappa shape index (κ3) is 4.35. The Kier molecular flexibility index (Phi) is 5.35. The van der Waals surface area contributed by atoms with Gasteiger partial charge >= 0.3 is 0 Å². The van der Waals surface area contributed by atoms with Crippen molar-refractivity contribution in [2.24, 2.45) is 11.8 Å². The molecule has 0 amide bonds. The van der Waals surface area contributed by atoms with Crippen LogP contribution in [0.2, 0.25) is 0 Å². The number of furan rings is 1. The van der Waals surface area contributed by atoms with Crippen LogP contribution >= 0.6 is 0 Å². The van der Waals surface area contributed by atoms with Gasteiger partial charge in [-0.15, -0.1) is 0 Å². The van der Waals surface area contributed by atoms with Crippen LogP contribution in [0.15, 0.2) is 53.1 Å². The maximum absolute atomic E-state index is 5.53. The van der Waals surface area contributed by atoms with Crippen molar-refractivity contribution >= 4 is 11.6 Å². The second-order valence-electron chi connectivity index (χ2n) is 6.91. The molecule has 2 aromatic rings. The normalized spacial score (nSPS) is 17.8. The fourth-order valence-corrected chi connectivity index (χ4v) is 3.44. The van der Waals surface area contributed by atoms with E-state index in [4.69, 9.17) is 4.42 Å². The van der Waals surface area contributed by atoms with E-state index in [9.17, 15) is 0 Å². The first kappa shape index (κ1) is 16.1. The number of likely N-dealkylation sites (tertiary alicyclic amines) is 1. The molecule has 1 aliphatic heterocycles. The number of nitrogens with zero attached hydrogens (tertiary/aromatic N) is 1. The predicted molar refractivity (Wildman–Crippen MR) is 97.0 cm³/mol. The van der Waals surface area contributed by atoms with Crippen molar-refractivity contribution in [3.8, 4) is 0 Å². The molecule has 0 bridgehead atoms. The van der Waals surface area contributed by atoms with E-state index in [1.165, 1.54) is 37.1 Å². The zero-order chi connectivity index (χ0) is 16.1. The van der Waals surface area contributed by atoms with Gasteiger partial charge in [0.25, 0.3) is 0 Å². The summed E-state index contributed by atoms with van der Waals surface area (Å²) in [5.74, 6) is 2.63. The number of hydrogen-bond donors (Lipinski definition) is 0. The molecule has 0 saturated carbocycles. The van der Waals surface area contributed by atoms with Gasteiger partial charge < -0.3 is 4.42 Å². The number of hydrogen-bond acceptors (Lipinski definition) is 2. The van der Waals surface area contributed by atoms with Crippen molar-refractivity contribution in [1.29, 1.82) is 0 Å². The Balaban J connectivity index is 1.73. The van der Waals surface area contributed by atoms with Gasteiger partial charge in [0.15, 0.2) is 0 Å². The van der Waals surface area contributed by atoms with Crippen LogP contribution in [0.5, 0.6) is 0 Å². The Bertz CT molecular complexity index is 605. The minimum Gasteiger partial charge on any atom is -0.465 e. The number of piperidine rings is 1. The molecule has 0 atom stereocenters. The Hall–Kier alpha value is -1.80. The van der Waals surface area contributed by atoms with Gasteiger partial charge in [-0.25, -0.2) is 0 Å². The molecule has 0 spiro atoms. The monoisotopic (exact) mass is 309 g/mol. The summed E-state index contributed by atoms with van der Waals surface area (Å²) in [6.45, 7) is 8.10. The average Bonchev–Trinajstić information content (AvgIpc) is 3.09. The molecule has 2 nitrogen and oxygen atoms in total. The summed E-state index contributed by atoms with van der Waals surface area (Å²) in [6, 6.07) is 14.6. The molecule has 1 saturated heterocycles. The fraction of sp³-hybridized carbons (Fsp3) is 0.429. The Labute approximate surface area is 139 Å². The molecule has 2 heterocycles.